The second-order valence-corrected chi connectivity index (χ2v) is 6.19. The molecule has 0 aromatic heterocycles. The zero-order chi connectivity index (χ0) is 13.9. The van der Waals surface area contributed by atoms with Gasteiger partial charge in [-0.1, -0.05) is 43.2 Å². The molecule has 1 saturated carbocycles. The van der Waals surface area contributed by atoms with E-state index in [4.69, 9.17) is 0 Å². The van der Waals surface area contributed by atoms with Crippen molar-refractivity contribution in [3.05, 3.63) is 35.9 Å². The number of aliphatic carboxylic acids is 1. The number of carboxylic acid groups (broad SMARTS) is 1. The second-order valence-electron chi connectivity index (χ2n) is 6.19. The summed E-state index contributed by atoms with van der Waals surface area (Å²) in [5.41, 5.74) is 1.43. The Kier molecular flexibility index (Phi) is 4.06. The SMILES string of the molecule is O=C(O)C1CCN(C2CCCCC2c2ccccc2)C1. The zero-order valence-electron chi connectivity index (χ0n) is 11.9. The molecule has 3 atom stereocenters. The van der Waals surface area contributed by atoms with Crippen LogP contribution < -0.4 is 0 Å². The summed E-state index contributed by atoms with van der Waals surface area (Å²) in [6.07, 6.45) is 5.84. The van der Waals surface area contributed by atoms with Crippen molar-refractivity contribution in [2.45, 2.75) is 44.1 Å². The van der Waals surface area contributed by atoms with Crippen LogP contribution in [0.5, 0.6) is 0 Å². The average Bonchev–Trinajstić information content (AvgIpc) is 2.98. The molecule has 0 amide bonds. The number of rotatable bonds is 3. The molecule has 1 saturated heterocycles. The first-order valence-corrected chi connectivity index (χ1v) is 7.77. The Morgan fingerprint density at radius 1 is 1.10 bits per heavy atom. The van der Waals surface area contributed by atoms with Crippen LogP contribution in [-0.2, 0) is 4.79 Å². The molecule has 3 heteroatoms. The van der Waals surface area contributed by atoms with E-state index >= 15 is 0 Å². The minimum atomic E-state index is -0.625. The molecule has 108 valence electrons. The van der Waals surface area contributed by atoms with Crippen LogP contribution in [0.4, 0.5) is 0 Å². The fourth-order valence-corrected chi connectivity index (χ4v) is 3.93. The van der Waals surface area contributed by atoms with Gasteiger partial charge >= 0.3 is 5.97 Å². The smallest absolute Gasteiger partial charge is 0.307 e. The Bertz CT molecular complexity index is 459. The molecule has 1 heterocycles. The minimum absolute atomic E-state index is 0.159. The third kappa shape index (κ3) is 2.73. The number of carbonyl (C=O) groups is 1. The van der Waals surface area contributed by atoms with Gasteiger partial charge in [0, 0.05) is 12.6 Å². The van der Waals surface area contributed by atoms with Crippen molar-refractivity contribution in [3.8, 4) is 0 Å². The molecule has 3 nitrogen and oxygen atoms in total. The highest BCUT2D eigenvalue weighted by molar-refractivity contribution is 5.70. The summed E-state index contributed by atoms with van der Waals surface area (Å²) in [6.45, 7) is 1.69. The minimum Gasteiger partial charge on any atom is -0.481 e. The summed E-state index contributed by atoms with van der Waals surface area (Å²) in [5, 5.41) is 9.19. The normalized spacial score (nSPS) is 31.3. The van der Waals surface area contributed by atoms with Crippen LogP contribution >= 0.6 is 0 Å². The van der Waals surface area contributed by atoms with E-state index in [1.807, 2.05) is 0 Å². The lowest BCUT2D eigenvalue weighted by molar-refractivity contribution is -0.141. The van der Waals surface area contributed by atoms with Crippen molar-refractivity contribution in [2.24, 2.45) is 5.92 Å². The first-order chi connectivity index (χ1) is 9.75. The van der Waals surface area contributed by atoms with Gasteiger partial charge in [-0.15, -0.1) is 0 Å². The summed E-state index contributed by atoms with van der Waals surface area (Å²) in [4.78, 5) is 13.6. The molecule has 20 heavy (non-hydrogen) atoms. The van der Waals surface area contributed by atoms with Crippen LogP contribution in [0.25, 0.3) is 0 Å². The summed E-state index contributed by atoms with van der Waals surface area (Å²) in [5.74, 6) is -0.203. The number of benzene rings is 1. The first kappa shape index (κ1) is 13.6. The van der Waals surface area contributed by atoms with Crippen molar-refractivity contribution in [3.63, 3.8) is 0 Å². The standard InChI is InChI=1S/C17H23NO2/c19-17(20)14-10-11-18(12-14)16-9-5-4-8-15(16)13-6-2-1-3-7-13/h1-3,6-7,14-16H,4-5,8-12H2,(H,19,20). The van der Waals surface area contributed by atoms with Gasteiger partial charge in [-0.2, -0.15) is 0 Å². The summed E-state index contributed by atoms with van der Waals surface area (Å²) >= 11 is 0. The van der Waals surface area contributed by atoms with Gasteiger partial charge < -0.3 is 5.11 Å². The van der Waals surface area contributed by atoms with E-state index in [-0.39, 0.29) is 5.92 Å². The lowest BCUT2D eigenvalue weighted by Gasteiger charge is -2.38. The van der Waals surface area contributed by atoms with Gasteiger partial charge in [-0.05, 0) is 37.3 Å². The molecule has 2 fully saturated rings. The Hall–Kier alpha value is -1.35. The maximum Gasteiger partial charge on any atom is 0.307 e. The highest BCUT2D eigenvalue weighted by atomic mass is 16.4. The molecule has 1 aromatic carbocycles. The highest BCUT2D eigenvalue weighted by Crippen LogP contribution is 2.38. The number of nitrogens with zero attached hydrogens (tertiary/aromatic N) is 1. The van der Waals surface area contributed by atoms with E-state index in [0.717, 1.165) is 19.5 Å². The van der Waals surface area contributed by atoms with Gasteiger partial charge in [0.2, 0.25) is 0 Å². The number of carboxylic acids is 1. The topological polar surface area (TPSA) is 40.5 Å². The van der Waals surface area contributed by atoms with Crippen LogP contribution in [0.2, 0.25) is 0 Å². The van der Waals surface area contributed by atoms with Gasteiger partial charge in [0.15, 0.2) is 0 Å². The molecular formula is C17H23NO2. The summed E-state index contributed by atoms with van der Waals surface area (Å²) in [6, 6.07) is 11.3. The van der Waals surface area contributed by atoms with E-state index in [1.54, 1.807) is 0 Å². The summed E-state index contributed by atoms with van der Waals surface area (Å²) < 4.78 is 0. The van der Waals surface area contributed by atoms with Gasteiger partial charge in [0.1, 0.15) is 0 Å². The molecule has 1 aliphatic carbocycles. The van der Waals surface area contributed by atoms with Gasteiger partial charge in [0.05, 0.1) is 5.92 Å². The third-order valence-electron chi connectivity index (χ3n) is 5.00. The van der Waals surface area contributed by atoms with Gasteiger partial charge in [-0.25, -0.2) is 0 Å². The Balaban J connectivity index is 1.75. The fourth-order valence-electron chi connectivity index (χ4n) is 3.93. The van der Waals surface area contributed by atoms with Crippen LogP contribution in [-0.4, -0.2) is 35.1 Å². The quantitative estimate of drug-likeness (QED) is 0.920. The molecule has 2 aliphatic rings. The molecular weight excluding hydrogens is 250 g/mol. The number of hydrogen-bond acceptors (Lipinski definition) is 2. The largest absolute Gasteiger partial charge is 0.481 e. The van der Waals surface area contributed by atoms with Crippen molar-refractivity contribution in [2.75, 3.05) is 13.1 Å². The molecule has 3 unspecified atom stereocenters. The van der Waals surface area contributed by atoms with E-state index in [0.29, 0.717) is 12.0 Å². The molecule has 1 aromatic rings. The van der Waals surface area contributed by atoms with E-state index in [2.05, 4.69) is 35.2 Å². The summed E-state index contributed by atoms with van der Waals surface area (Å²) in [7, 11) is 0. The molecule has 1 aliphatic heterocycles. The molecule has 1 N–H and O–H groups in total. The van der Waals surface area contributed by atoms with E-state index in [1.165, 1.54) is 31.2 Å². The van der Waals surface area contributed by atoms with Crippen molar-refractivity contribution < 1.29 is 9.90 Å². The van der Waals surface area contributed by atoms with E-state index in [9.17, 15) is 9.90 Å². The third-order valence-corrected chi connectivity index (χ3v) is 5.00. The van der Waals surface area contributed by atoms with Crippen molar-refractivity contribution in [1.29, 1.82) is 0 Å². The average molecular weight is 273 g/mol. The molecule has 0 spiro atoms. The predicted molar refractivity (Wildman–Crippen MR) is 78.8 cm³/mol. The highest BCUT2D eigenvalue weighted by Gasteiger charge is 2.37. The maximum absolute atomic E-state index is 11.2. The van der Waals surface area contributed by atoms with Crippen molar-refractivity contribution >= 4 is 5.97 Å². The van der Waals surface area contributed by atoms with Crippen LogP contribution in [0.3, 0.4) is 0 Å². The number of hydrogen-bond donors (Lipinski definition) is 1. The zero-order valence-corrected chi connectivity index (χ0v) is 11.9. The van der Waals surface area contributed by atoms with Crippen LogP contribution in [0, 0.1) is 5.92 Å². The molecule has 3 rings (SSSR count). The van der Waals surface area contributed by atoms with Crippen LogP contribution in [0.1, 0.15) is 43.6 Å². The first-order valence-electron chi connectivity index (χ1n) is 7.77. The Morgan fingerprint density at radius 2 is 1.85 bits per heavy atom. The maximum atomic E-state index is 11.2. The second kappa shape index (κ2) is 5.96. The Labute approximate surface area is 120 Å². The number of likely N-dealkylation sites (tertiary alicyclic amines) is 1. The van der Waals surface area contributed by atoms with E-state index < -0.39 is 5.97 Å². The lowest BCUT2D eigenvalue weighted by atomic mass is 9.79. The van der Waals surface area contributed by atoms with Crippen LogP contribution in [0.15, 0.2) is 30.3 Å². The molecule has 0 radical (unpaired) electrons. The monoisotopic (exact) mass is 273 g/mol. The predicted octanol–water partition coefficient (Wildman–Crippen LogP) is 3.12. The molecule has 0 bridgehead atoms. The Morgan fingerprint density at radius 3 is 2.55 bits per heavy atom. The van der Waals surface area contributed by atoms with Crippen molar-refractivity contribution in [1.82, 2.24) is 4.90 Å². The van der Waals surface area contributed by atoms with Gasteiger partial charge in [-0.3, -0.25) is 9.69 Å². The fraction of sp³-hybridized carbons (Fsp3) is 0.588. The lowest BCUT2D eigenvalue weighted by Crippen LogP contribution is -2.40. The van der Waals surface area contributed by atoms with Gasteiger partial charge in [0.25, 0.3) is 0 Å².